The summed E-state index contributed by atoms with van der Waals surface area (Å²) < 4.78 is 16.4. The first kappa shape index (κ1) is 25.7. The zero-order valence-electron chi connectivity index (χ0n) is 21.0. The van der Waals surface area contributed by atoms with Gasteiger partial charge in [0, 0.05) is 18.5 Å². The lowest BCUT2D eigenvalue weighted by atomic mass is 9.95. The third-order valence-electron chi connectivity index (χ3n) is 6.66. The minimum absolute atomic E-state index is 0.0171. The van der Waals surface area contributed by atoms with E-state index >= 15 is 0 Å². The maximum Gasteiger partial charge on any atom is 0.295 e. The van der Waals surface area contributed by atoms with E-state index in [-0.39, 0.29) is 5.57 Å². The highest BCUT2D eigenvalue weighted by molar-refractivity contribution is 6.46. The lowest BCUT2D eigenvalue weighted by molar-refractivity contribution is -0.908. The highest BCUT2D eigenvalue weighted by Gasteiger charge is 2.44. The molecule has 0 radical (unpaired) electrons. The molecule has 36 heavy (non-hydrogen) atoms. The highest BCUT2D eigenvalue weighted by Crippen LogP contribution is 2.39. The van der Waals surface area contributed by atoms with Crippen LogP contribution in [0.1, 0.15) is 36.9 Å². The molecule has 1 atom stereocenters. The van der Waals surface area contributed by atoms with Gasteiger partial charge in [-0.15, -0.1) is 0 Å². The zero-order chi connectivity index (χ0) is 25.5. The number of benzene rings is 2. The van der Waals surface area contributed by atoms with Gasteiger partial charge in [0.1, 0.15) is 24.6 Å². The van der Waals surface area contributed by atoms with Crippen molar-refractivity contribution in [3.05, 3.63) is 65.2 Å². The molecule has 0 aliphatic carbocycles. The lowest BCUT2D eigenvalue weighted by Gasteiger charge is -2.29. The van der Waals surface area contributed by atoms with Gasteiger partial charge in [-0.3, -0.25) is 9.59 Å². The topological polar surface area (TPSA) is 92.6 Å². The Morgan fingerprint density at radius 2 is 1.86 bits per heavy atom. The van der Waals surface area contributed by atoms with Crippen molar-refractivity contribution in [1.29, 1.82) is 0 Å². The summed E-state index contributed by atoms with van der Waals surface area (Å²) in [6.45, 7) is 7.17. The van der Waals surface area contributed by atoms with Gasteiger partial charge in [-0.25, -0.2) is 0 Å². The molecule has 0 aromatic heterocycles. The van der Waals surface area contributed by atoms with Crippen molar-refractivity contribution in [1.82, 2.24) is 4.90 Å². The van der Waals surface area contributed by atoms with E-state index in [0.29, 0.717) is 35.8 Å². The number of Topliss-reactive ketones (excluding diaryl/α,β-unsaturated/α-hetero) is 1. The summed E-state index contributed by atoms with van der Waals surface area (Å²) in [5.74, 6) is -0.555. The summed E-state index contributed by atoms with van der Waals surface area (Å²) in [6.07, 6.45) is 1.58. The average Bonchev–Trinajstić information content (AvgIpc) is 3.17. The number of morpholine rings is 1. The molecule has 1 unspecified atom stereocenters. The van der Waals surface area contributed by atoms with Crippen molar-refractivity contribution in [2.24, 2.45) is 0 Å². The minimum atomic E-state index is -0.760. The second-order valence-corrected chi connectivity index (χ2v) is 9.09. The molecule has 2 aromatic carbocycles. The largest absolute Gasteiger partial charge is 0.872 e. The Labute approximate surface area is 212 Å². The highest BCUT2D eigenvalue weighted by atomic mass is 16.5. The fourth-order valence-electron chi connectivity index (χ4n) is 4.75. The molecule has 2 aliphatic rings. The number of hydrogen-bond acceptors (Lipinski definition) is 6. The van der Waals surface area contributed by atoms with Crippen LogP contribution in [0.25, 0.3) is 5.76 Å². The maximum atomic E-state index is 13.6. The fraction of sp³-hybridized carbons (Fsp3) is 0.429. The van der Waals surface area contributed by atoms with Gasteiger partial charge in [-0.1, -0.05) is 36.9 Å². The number of ketones is 1. The Bertz CT molecular complexity index is 1090. The van der Waals surface area contributed by atoms with Gasteiger partial charge in [0.25, 0.3) is 5.91 Å². The van der Waals surface area contributed by atoms with Crippen LogP contribution in [0, 0.1) is 0 Å². The first-order valence-electron chi connectivity index (χ1n) is 12.6. The molecule has 2 fully saturated rings. The number of hydrogen-bond donors (Lipinski definition) is 1. The molecule has 8 heteroatoms. The van der Waals surface area contributed by atoms with E-state index in [4.69, 9.17) is 14.2 Å². The van der Waals surface area contributed by atoms with Gasteiger partial charge in [-0.2, -0.15) is 0 Å². The van der Waals surface area contributed by atoms with Crippen molar-refractivity contribution in [2.45, 2.75) is 25.8 Å². The molecule has 1 amide bonds. The standard InChI is InChI=1S/C28H34N2O6/c1-3-16-36-23-7-4-6-21(19-23)25-24(26(31)20-8-10-22(34-2)11-9-20)27(32)28(33)30(25)13-5-12-29-14-17-35-18-15-29/h4,6-11,19,25,31H,3,5,12-18H2,1-2H3. The molecule has 0 spiro atoms. The quantitative estimate of drug-likeness (QED) is 0.301. The van der Waals surface area contributed by atoms with Crippen LogP contribution in [0.5, 0.6) is 11.5 Å². The van der Waals surface area contributed by atoms with E-state index in [1.807, 2.05) is 31.2 Å². The Morgan fingerprint density at radius 1 is 1.11 bits per heavy atom. The van der Waals surface area contributed by atoms with Crippen LogP contribution in [0.3, 0.4) is 0 Å². The first-order chi connectivity index (χ1) is 17.5. The van der Waals surface area contributed by atoms with Gasteiger partial charge in [0.2, 0.25) is 5.78 Å². The normalized spacial score (nSPS) is 20.1. The van der Waals surface area contributed by atoms with Gasteiger partial charge >= 0.3 is 0 Å². The van der Waals surface area contributed by atoms with E-state index in [9.17, 15) is 14.7 Å². The van der Waals surface area contributed by atoms with Gasteiger partial charge in [0.15, 0.2) is 0 Å². The van der Waals surface area contributed by atoms with Crippen molar-refractivity contribution in [3.63, 3.8) is 0 Å². The predicted octanol–water partition coefficient (Wildman–Crippen LogP) is 1.01. The second kappa shape index (κ2) is 12.1. The van der Waals surface area contributed by atoms with Crippen LogP contribution >= 0.6 is 0 Å². The molecular formula is C28H34N2O6. The van der Waals surface area contributed by atoms with Crippen molar-refractivity contribution < 1.29 is 33.8 Å². The Hall–Kier alpha value is -3.36. The number of likely N-dealkylation sites (tertiary alicyclic amines) is 1. The summed E-state index contributed by atoms with van der Waals surface area (Å²) in [4.78, 5) is 29.4. The summed E-state index contributed by atoms with van der Waals surface area (Å²) in [7, 11) is 1.55. The van der Waals surface area contributed by atoms with Crippen LogP contribution < -0.4 is 19.5 Å². The molecule has 2 aliphatic heterocycles. The third-order valence-corrected chi connectivity index (χ3v) is 6.66. The number of carbonyl (C=O) groups excluding carboxylic acids is 2. The van der Waals surface area contributed by atoms with E-state index in [1.165, 1.54) is 4.90 Å². The summed E-state index contributed by atoms with van der Waals surface area (Å²) in [5, 5.41) is 13.6. The number of nitrogens with zero attached hydrogens (tertiary/aromatic N) is 1. The summed E-state index contributed by atoms with van der Waals surface area (Å²) >= 11 is 0. The maximum absolute atomic E-state index is 13.6. The van der Waals surface area contributed by atoms with Crippen LogP contribution in [-0.2, 0) is 14.3 Å². The molecule has 0 bridgehead atoms. The fourth-order valence-corrected chi connectivity index (χ4v) is 4.75. The van der Waals surface area contributed by atoms with Crippen molar-refractivity contribution in [3.8, 4) is 11.5 Å². The first-order valence-corrected chi connectivity index (χ1v) is 12.6. The Balaban J connectivity index is 1.67. The van der Waals surface area contributed by atoms with E-state index in [0.717, 1.165) is 45.7 Å². The van der Waals surface area contributed by atoms with Crippen molar-refractivity contribution in [2.75, 3.05) is 53.1 Å². The smallest absolute Gasteiger partial charge is 0.295 e. The molecular weight excluding hydrogens is 460 g/mol. The number of carbonyl (C=O) groups is 2. The SMILES string of the molecule is CCCOc1cccc(C2C(=C([O-])c3ccc(OC)cc3)C(=O)C(=O)N2CCC[NH+]2CCOCC2)c1. The number of quaternary nitrogens is 1. The van der Waals surface area contributed by atoms with Crippen LogP contribution in [0.4, 0.5) is 0 Å². The molecule has 2 saturated heterocycles. The van der Waals surface area contributed by atoms with Gasteiger partial charge < -0.3 is 29.1 Å². The van der Waals surface area contributed by atoms with Crippen LogP contribution in [-0.4, -0.2) is 69.7 Å². The average molecular weight is 495 g/mol. The molecule has 8 nitrogen and oxygen atoms in total. The second-order valence-electron chi connectivity index (χ2n) is 9.09. The van der Waals surface area contributed by atoms with Gasteiger partial charge in [-0.05, 0) is 41.8 Å². The number of amides is 1. The van der Waals surface area contributed by atoms with Crippen LogP contribution in [0.15, 0.2) is 54.1 Å². The van der Waals surface area contributed by atoms with E-state index < -0.39 is 23.5 Å². The zero-order valence-corrected chi connectivity index (χ0v) is 21.0. The number of nitrogens with one attached hydrogen (secondary N) is 1. The molecule has 0 saturated carbocycles. The molecule has 4 rings (SSSR count). The van der Waals surface area contributed by atoms with Crippen LogP contribution in [0.2, 0.25) is 0 Å². The number of methoxy groups -OCH3 is 1. The summed E-state index contributed by atoms with van der Waals surface area (Å²) in [6, 6.07) is 13.2. The molecule has 2 aromatic rings. The molecule has 1 N–H and O–H groups in total. The number of ether oxygens (including phenoxy) is 3. The third kappa shape index (κ3) is 5.71. The monoisotopic (exact) mass is 494 g/mol. The van der Waals surface area contributed by atoms with Gasteiger partial charge in [0.05, 0.1) is 39.5 Å². The van der Waals surface area contributed by atoms with E-state index in [2.05, 4.69) is 0 Å². The minimum Gasteiger partial charge on any atom is -0.872 e. The predicted molar refractivity (Wildman–Crippen MR) is 133 cm³/mol. The van der Waals surface area contributed by atoms with Crippen molar-refractivity contribution >= 4 is 17.4 Å². The van der Waals surface area contributed by atoms with E-state index in [1.54, 1.807) is 36.3 Å². The summed E-state index contributed by atoms with van der Waals surface area (Å²) in [5.41, 5.74) is 1.02. The Morgan fingerprint density at radius 3 is 2.56 bits per heavy atom. The molecule has 192 valence electrons. The molecule has 2 heterocycles. The Kier molecular flexibility index (Phi) is 8.61. The number of rotatable bonds is 10. The lowest BCUT2D eigenvalue weighted by Crippen LogP contribution is -3.14.